The molecule has 2 aromatic carbocycles. The Kier molecular flexibility index (Phi) is 5.82. The van der Waals surface area contributed by atoms with E-state index in [-0.39, 0.29) is 10.3 Å². The third kappa shape index (κ3) is 4.75. The van der Waals surface area contributed by atoms with Gasteiger partial charge in [-0.1, -0.05) is 68.2 Å². The number of nitrogens with one attached hydrogen (secondary N) is 1. The van der Waals surface area contributed by atoms with Gasteiger partial charge in [0.05, 0.1) is 21.2 Å². The Morgan fingerprint density at radius 2 is 1.80 bits per heavy atom. The minimum absolute atomic E-state index is 0.157. The van der Waals surface area contributed by atoms with E-state index in [4.69, 9.17) is 23.2 Å². The highest BCUT2D eigenvalue weighted by Gasteiger charge is 2.21. The summed E-state index contributed by atoms with van der Waals surface area (Å²) in [6.45, 7) is 7.83. The van der Waals surface area contributed by atoms with Crippen LogP contribution in [0.4, 0.5) is 0 Å². The van der Waals surface area contributed by atoms with Crippen molar-refractivity contribution in [3.05, 3.63) is 63.1 Å². The van der Waals surface area contributed by atoms with Crippen molar-refractivity contribution in [1.29, 1.82) is 0 Å². The fourth-order valence-corrected chi connectivity index (χ4v) is 3.61. The molecule has 0 aromatic heterocycles. The van der Waals surface area contributed by atoms with Gasteiger partial charge in [0, 0.05) is 5.56 Å². The van der Waals surface area contributed by atoms with E-state index < -0.39 is 10.0 Å². The molecule has 0 unspecified atom stereocenters. The number of nitrogens with zero attached hydrogens (tertiary/aromatic N) is 1. The average Bonchev–Trinajstić information content (AvgIpc) is 2.50. The first-order valence-corrected chi connectivity index (χ1v) is 9.86. The van der Waals surface area contributed by atoms with Crippen LogP contribution >= 0.6 is 23.2 Å². The van der Waals surface area contributed by atoms with Crippen molar-refractivity contribution >= 4 is 39.4 Å². The van der Waals surface area contributed by atoms with Gasteiger partial charge in [0.15, 0.2) is 0 Å². The maximum Gasteiger partial charge on any atom is 0.276 e. The van der Waals surface area contributed by atoms with Gasteiger partial charge in [0.1, 0.15) is 0 Å². The number of sulfonamides is 1. The topological polar surface area (TPSA) is 58.5 Å². The smallest absolute Gasteiger partial charge is 0.200 e. The summed E-state index contributed by atoms with van der Waals surface area (Å²) in [7, 11) is -3.79. The lowest BCUT2D eigenvalue weighted by Crippen LogP contribution is -2.21. The maximum atomic E-state index is 12.6. The Balaban J connectivity index is 2.31. The molecule has 0 heterocycles. The fourth-order valence-electron chi connectivity index (χ4n) is 2.19. The quantitative estimate of drug-likeness (QED) is 0.587. The molecule has 2 aromatic rings. The third-order valence-electron chi connectivity index (χ3n) is 3.70. The Morgan fingerprint density at radius 3 is 2.44 bits per heavy atom. The number of hydrazone groups is 1. The summed E-state index contributed by atoms with van der Waals surface area (Å²) in [6.07, 6.45) is 1.33. The molecule has 0 saturated heterocycles. The number of hydrogen-bond acceptors (Lipinski definition) is 3. The lowest BCUT2D eigenvalue weighted by Gasteiger charge is -2.20. The molecule has 0 aliphatic carbocycles. The Bertz CT molecular complexity index is 917. The highest BCUT2D eigenvalue weighted by molar-refractivity contribution is 7.89. The molecule has 0 atom stereocenters. The predicted molar refractivity (Wildman–Crippen MR) is 104 cm³/mol. The Labute approximate surface area is 158 Å². The van der Waals surface area contributed by atoms with E-state index >= 15 is 0 Å². The van der Waals surface area contributed by atoms with E-state index in [0.29, 0.717) is 21.2 Å². The molecule has 0 radical (unpaired) electrons. The van der Waals surface area contributed by atoms with Gasteiger partial charge in [-0.2, -0.15) is 13.5 Å². The van der Waals surface area contributed by atoms with Crippen LogP contribution < -0.4 is 4.83 Å². The first-order chi connectivity index (χ1) is 11.5. The molecule has 2 rings (SSSR count). The maximum absolute atomic E-state index is 12.6. The second-order valence-corrected chi connectivity index (χ2v) is 9.14. The minimum Gasteiger partial charge on any atom is -0.200 e. The first kappa shape index (κ1) is 19.8. The summed E-state index contributed by atoms with van der Waals surface area (Å²) in [5, 5.41) is 4.51. The normalized spacial score (nSPS) is 12.6. The summed E-state index contributed by atoms with van der Waals surface area (Å²) in [6, 6.07) is 10.5. The number of aryl methyl sites for hydroxylation is 1. The Morgan fingerprint density at radius 1 is 1.12 bits per heavy atom. The van der Waals surface area contributed by atoms with Gasteiger partial charge >= 0.3 is 0 Å². The van der Waals surface area contributed by atoms with Crippen molar-refractivity contribution in [3.63, 3.8) is 0 Å². The largest absolute Gasteiger partial charge is 0.276 e. The van der Waals surface area contributed by atoms with Crippen molar-refractivity contribution in [2.75, 3.05) is 0 Å². The van der Waals surface area contributed by atoms with Gasteiger partial charge in [-0.3, -0.25) is 0 Å². The molecular weight excluding hydrogens is 379 g/mol. The molecule has 0 spiro atoms. The lowest BCUT2D eigenvalue weighted by molar-refractivity contribution is 0.577. The van der Waals surface area contributed by atoms with E-state index in [1.54, 1.807) is 37.3 Å². The zero-order chi connectivity index (χ0) is 18.8. The van der Waals surface area contributed by atoms with Crippen LogP contribution in [0.3, 0.4) is 0 Å². The average molecular weight is 399 g/mol. The van der Waals surface area contributed by atoms with Crippen LogP contribution in [0.25, 0.3) is 0 Å². The van der Waals surface area contributed by atoms with Gasteiger partial charge in [0.25, 0.3) is 10.0 Å². The van der Waals surface area contributed by atoms with Crippen molar-refractivity contribution in [3.8, 4) is 0 Å². The lowest BCUT2D eigenvalue weighted by atomic mass is 9.87. The number of halogens is 2. The number of benzene rings is 2. The van der Waals surface area contributed by atoms with Crippen LogP contribution in [-0.2, 0) is 15.4 Å². The zero-order valence-electron chi connectivity index (χ0n) is 14.5. The predicted octanol–water partition coefficient (Wildman–Crippen LogP) is 4.91. The summed E-state index contributed by atoms with van der Waals surface area (Å²) in [5.41, 5.74) is 1.95. The van der Waals surface area contributed by atoms with Gasteiger partial charge in [-0.15, -0.1) is 0 Å². The van der Waals surface area contributed by atoms with Crippen molar-refractivity contribution in [2.24, 2.45) is 5.10 Å². The summed E-state index contributed by atoms with van der Waals surface area (Å²) < 4.78 is 25.2. The molecule has 4 nitrogen and oxygen atoms in total. The zero-order valence-corrected chi connectivity index (χ0v) is 16.8. The minimum atomic E-state index is -3.79. The number of rotatable bonds is 4. The van der Waals surface area contributed by atoms with Crippen LogP contribution in [0.5, 0.6) is 0 Å². The van der Waals surface area contributed by atoms with Gasteiger partial charge in [-0.25, -0.2) is 4.83 Å². The molecule has 0 saturated carbocycles. The fraction of sp³-hybridized carbons (Fsp3) is 0.278. The molecule has 0 bridgehead atoms. The molecular formula is C18H20Cl2N2O2S. The van der Waals surface area contributed by atoms with E-state index in [9.17, 15) is 8.42 Å². The molecule has 0 amide bonds. The SMILES string of the molecule is Cc1ccc(C(C)(C)C)cc1S(=O)(=O)N/N=C/c1cccc(Cl)c1Cl. The highest BCUT2D eigenvalue weighted by atomic mass is 35.5. The third-order valence-corrected chi connectivity index (χ3v) is 5.90. The molecule has 0 aliphatic rings. The number of hydrogen-bond donors (Lipinski definition) is 1. The highest BCUT2D eigenvalue weighted by Crippen LogP contribution is 2.27. The van der Waals surface area contributed by atoms with Gasteiger partial charge < -0.3 is 0 Å². The van der Waals surface area contributed by atoms with Crippen LogP contribution in [-0.4, -0.2) is 14.6 Å². The molecule has 134 valence electrons. The Hall–Kier alpha value is -1.56. The molecule has 0 aliphatic heterocycles. The van der Waals surface area contributed by atoms with E-state index in [1.165, 1.54) is 6.21 Å². The van der Waals surface area contributed by atoms with Gasteiger partial charge in [-0.05, 0) is 35.6 Å². The van der Waals surface area contributed by atoms with Crippen LogP contribution in [0.15, 0.2) is 46.4 Å². The van der Waals surface area contributed by atoms with Crippen molar-refractivity contribution in [2.45, 2.75) is 38.0 Å². The van der Waals surface area contributed by atoms with Crippen molar-refractivity contribution in [1.82, 2.24) is 4.83 Å². The van der Waals surface area contributed by atoms with Crippen molar-refractivity contribution < 1.29 is 8.42 Å². The molecule has 25 heavy (non-hydrogen) atoms. The van der Waals surface area contributed by atoms with Crippen LogP contribution in [0, 0.1) is 6.92 Å². The molecule has 1 N–H and O–H groups in total. The van der Waals surface area contributed by atoms with Crippen LogP contribution in [0.1, 0.15) is 37.5 Å². The monoisotopic (exact) mass is 398 g/mol. The van der Waals surface area contributed by atoms with E-state index in [1.807, 2.05) is 26.8 Å². The second kappa shape index (κ2) is 7.36. The first-order valence-electron chi connectivity index (χ1n) is 7.62. The second-order valence-electron chi connectivity index (χ2n) is 6.73. The summed E-state index contributed by atoms with van der Waals surface area (Å²) in [5.74, 6) is 0. The molecule has 7 heteroatoms. The summed E-state index contributed by atoms with van der Waals surface area (Å²) >= 11 is 12.0. The van der Waals surface area contributed by atoms with Crippen LogP contribution in [0.2, 0.25) is 10.0 Å². The standard InChI is InChI=1S/C18H20Cl2N2O2S/c1-12-8-9-14(18(2,3)4)10-16(12)25(23,24)22-21-11-13-6-5-7-15(19)17(13)20/h5-11,22H,1-4H3/b21-11+. The van der Waals surface area contributed by atoms with E-state index in [0.717, 1.165) is 5.56 Å². The van der Waals surface area contributed by atoms with Gasteiger partial charge in [0.2, 0.25) is 0 Å². The molecule has 0 fully saturated rings. The summed E-state index contributed by atoms with van der Waals surface area (Å²) in [4.78, 5) is 2.43. The van der Waals surface area contributed by atoms with E-state index in [2.05, 4.69) is 9.93 Å².